The maximum absolute atomic E-state index is 11.4. The van der Waals surface area contributed by atoms with Crippen molar-refractivity contribution in [1.82, 2.24) is 0 Å². The normalized spacial score (nSPS) is 16.1. The summed E-state index contributed by atoms with van der Waals surface area (Å²) < 4.78 is 0. The molecule has 3 aliphatic carbocycles. The van der Waals surface area contributed by atoms with Crippen molar-refractivity contribution in [2.24, 2.45) is 17.8 Å². The number of ketones is 3. The first kappa shape index (κ1) is 37.1. The molecule has 0 unspecified atom stereocenters. The van der Waals surface area contributed by atoms with Crippen LogP contribution in [-0.2, 0) is 31.5 Å². The molecule has 0 aliphatic heterocycles. The molecule has 10 heteroatoms. The Morgan fingerprint density at radius 3 is 0.935 bits per heavy atom. The first-order chi connectivity index (χ1) is 21.5. The van der Waals surface area contributed by atoms with Gasteiger partial charge in [0.05, 0.1) is 0 Å². The molecule has 0 spiro atoms. The number of aliphatic hydroxyl groups is 3. The predicted molar refractivity (Wildman–Crippen MR) is 179 cm³/mol. The monoisotopic (exact) mass is 722 g/mol. The minimum absolute atomic E-state index is 0. The topological polar surface area (TPSA) is 112 Å². The number of aliphatic hydroxyl groups excluding tert-OH is 3. The molecule has 0 aromatic heterocycles. The van der Waals surface area contributed by atoms with Crippen LogP contribution in [0.3, 0.4) is 0 Å². The Kier molecular flexibility index (Phi) is 14.2. The average Bonchev–Trinajstić information content (AvgIpc) is 3.84. The van der Waals surface area contributed by atoms with Crippen molar-refractivity contribution in [3.63, 3.8) is 0 Å². The summed E-state index contributed by atoms with van der Waals surface area (Å²) in [4.78, 5) is 34.2. The molecule has 6 nitrogen and oxygen atoms in total. The molecule has 0 atom stereocenters. The molecule has 3 saturated carbocycles. The summed E-state index contributed by atoms with van der Waals surface area (Å²) in [6.07, 6.45) is 9.54. The molecule has 242 valence electrons. The summed E-state index contributed by atoms with van der Waals surface area (Å²) >= 11 is 17.3. The average molecular weight is 724 g/mol. The molecule has 3 N–H and O–H groups in total. The fourth-order valence-electron chi connectivity index (χ4n) is 4.05. The van der Waals surface area contributed by atoms with E-state index >= 15 is 0 Å². The Balaban J connectivity index is 0.000000186. The third-order valence-electron chi connectivity index (χ3n) is 7.14. The Morgan fingerprint density at radius 2 is 0.739 bits per heavy atom. The zero-order valence-corrected chi connectivity index (χ0v) is 28.1. The van der Waals surface area contributed by atoms with Gasteiger partial charge in [-0.1, -0.05) is 71.2 Å². The molecular formula is C36H33Cl3FeO6. The van der Waals surface area contributed by atoms with E-state index in [0.29, 0.717) is 31.8 Å². The van der Waals surface area contributed by atoms with Crippen molar-refractivity contribution in [2.45, 2.75) is 38.5 Å². The number of benzene rings is 3. The van der Waals surface area contributed by atoms with Crippen LogP contribution in [0.4, 0.5) is 0 Å². The van der Waals surface area contributed by atoms with Gasteiger partial charge in [-0.3, -0.25) is 14.4 Å². The molecule has 0 heterocycles. The van der Waals surface area contributed by atoms with Gasteiger partial charge in [-0.15, -0.1) is 0 Å². The van der Waals surface area contributed by atoms with Crippen molar-refractivity contribution in [3.05, 3.63) is 123 Å². The summed E-state index contributed by atoms with van der Waals surface area (Å²) in [5.41, 5.74) is 1.74. The van der Waals surface area contributed by atoms with Gasteiger partial charge >= 0.3 is 0 Å². The van der Waals surface area contributed by atoms with Gasteiger partial charge in [-0.05, 0) is 74.9 Å². The second-order valence-corrected chi connectivity index (χ2v) is 12.5. The van der Waals surface area contributed by atoms with E-state index < -0.39 is 0 Å². The summed E-state index contributed by atoms with van der Waals surface area (Å²) in [6, 6.07) is 20.4. The zero-order valence-electron chi connectivity index (χ0n) is 24.7. The van der Waals surface area contributed by atoms with Crippen molar-refractivity contribution < 1.29 is 46.8 Å². The molecule has 6 rings (SSSR count). The number of hydrogen-bond donors (Lipinski definition) is 3. The van der Waals surface area contributed by atoms with Crippen LogP contribution in [0, 0.1) is 17.8 Å². The van der Waals surface area contributed by atoms with Gasteiger partial charge in [-0.25, -0.2) is 0 Å². The number of hydrogen-bond acceptors (Lipinski definition) is 6. The Bertz CT molecular complexity index is 1460. The molecule has 0 amide bonds. The standard InChI is InChI=1S/3C12H11ClO2.Fe/c3*13-10-3-1-2-9(6-10)12(15)7-11(14)8-4-5-8;/h3*1-3,6-8,15H,4-5H2;. The molecular weight excluding hydrogens is 691 g/mol. The molecule has 3 aromatic carbocycles. The number of carbonyl (C=O) groups excluding carboxylic acids is 3. The smallest absolute Gasteiger partial charge is 0.162 e. The molecule has 0 radical (unpaired) electrons. The van der Waals surface area contributed by atoms with E-state index in [1.54, 1.807) is 72.8 Å². The van der Waals surface area contributed by atoms with Crippen LogP contribution in [0.2, 0.25) is 15.1 Å². The fraction of sp³-hybridized carbons (Fsp3) is 0.250. The number of allylic oxidation sites excluding steroid dienone is 3. The van der Waals surface area contributed by atoms with Crippen LogP contribution in [0.25, 0.3) is 17.3 Å². The van der Waals surface area contributed by atoms with Gasteiger partial charge in [0.25, 0.3) is 0 Å². The zero-order chi connectivity index (χ0) is 32.5. The molecule has 46 heavy (non-hydrogen) atoms. The summed E-state index contributed by atoms with van der Waals surface area (Å²) in [5.74, 6) is 0.398. The Labute approximate surface area is 293 Å². The minimum atomic E-state index is -0.00519. The third-order valence-corrected chi connectivity index (χ3v) is 7.84. The summed E-state index contributed by atoms with van der Waals surface area (Å²) in [6.45, 7) is 0. The van der Waals surface area contributed by atoms with Crippen LogP contribution in [0.5, 0.6) is 0 Å². The number of halogens is 3. The molecule has 0 saturated heterocycles. The van der Waals surface area contributed by atoms with Gasteiger partial charge in [0.2, 0.25) is 0 Å². The van der Waals surface area contributed by atoms with Gasteiger partial charge in [0.1, 0.15) is 17.3 Å². The summed E-state index contributed by atoms with van der Waals surface area (Å²) in [7, 11) is 0. The quantitative estimate of drug-likeness (QED) is 0.115. The Hall–Kier alpha value is -3.32. The van der Waals surface area contributed by atoms with Crippen LogP contribution >= 0.6 is 34.8 Å². The van der Waals surface area contributed by atoms with E-state index in [1.165, 1.54) is 18.2 Å². The third kappa shape index (κ3) is 12.5. The summed E-state index contributed by atoms with van der Waals surface area (Å²) in [5, 5.41) is 30.7. The van der Waals surface area contributed by atoms with Gasteiger partial charge < -0.3 is 15.3 Å². The van der Waals surface area contributed by atoms with E-state index in [0.717, 1.165) is 38.5 Å². The predicted octanol–water partition coefficient (Wildman–Crippen LogP) is 9.65. The van der Waals surface area contributed by atoms with Crippen molar-refractivity contribution >= 4 is 69.4 Å². The van der Waals surface area contributed by atoms with E-state index in [-0.39, 0.29) is 69.4 Å². The molecule has 3 aromatic rings. The van der Waals surface area contributed by atoms with E-state index in [4.69, 9.17) is 34.8 Å². The number of carbonyl (C=O) groups is 3. The largest absolute Gasteiger partial charge is 0.507 e. The van der Waals surface area contributed by atoms with E-state index in [1.807, 2.05) is 0 Å². The Morgan fingerprint density at radius 1 is 0.500 bits per heavy atom. The van der Waals surface area contributed by atoms with Crippen molar-refractivity contribution in [2.75, 3.05) is 0 Å². The van der Waals surface area contributed by atoms with Crippen LogP contribution in [0.1, 0.15) is 55.2 Å². The molecule has 3 aliphatic rings. The van der Waals surface area contributed by atoms with Crippen molar-refractivity contribution in [3.8, 4) is 0 Å². The fourth-order valence-corrected chi connectivity index (χ4v) is 4.63. The van der Waals surface area contributed by atoms with Crippen LogP contribution in [0.15, 0.2) is 91.0 Å². The molecule has 3 fully saturated rings. The van der Waals surface area contributed by atoms with Crippen LogP contribution < -0.4 is 0 Å². The molecule has 0 bridgehead atoms. The van der Waals surface area contributed by atoms with Gasteiger partial charge in [-0.2, -0.15) is 0 Å². The first-order valence-corrected chi connectivity index (χ1v) is 15.7. The van der Waals surface area contributed by atoms with E-state index in [9.17, 15) is 29.7 Å². The maximum Gasteiger partial charge on any atom is 0.162 e. The first-order valence-electron chi connectivity index (χ1n) is 14.6. The van der Waals surface area contributed by atoms with Gasteiger partial charge in [0, 0.05) is 84.8 Å². The minimum Gasteiger partial charge on any atom is -0.507 e. The second-order valence-electron chi connectivity index (χ2n) is 11.1. The van der Waals surface area contributed by atoms with Crippen molar-refractivity contribution in [1.29, 1.82) is 0 Å². The maximum atomic E-state index is 11.4. The second kappa shape index (κ2) is 17.6. The SMILES string of the molecule is O=C(C=C(O)c1cccc(Cl)c1)C1CC1.O=C(C=C(O)c1cccc(Cl)c1)C1CC1.O=C(C=C(O)c1cccc(Cl)c1)C1CC1.[Fe]. The van der Waals surface area contributed by atoms with Gasteiger partial charge in [0.15, 0.2) is 17.3 Å². The number of rotatable bonds is 9. The van der Waals surface area contributed by atoms with E-state index in [2.05, 4.69) is 0 Å². The van der Waals surface area contributed by atoms with Crippen LogP contribution in [-0.4, -0.2) is 32.7 Å².